The number of carbonyl (C=O) groups excluding carboxylic acids is 1. The van der Waals surface area contributed by atoms with Crippen LogP contribution in [0.15, 0.2) is 12.2 Å². The molecule has 2 heteroatoms. The van der Waals surface area contributed by atoms with E-state index in [0.29, 0.717) is 0 Å². The van der Waals surface area contributed by atoms with Crippen molar-refractivity contribution in [2.75, 3.05) is 7.11 Å². The van der Waals surface area contributed by atoms with Crippen molar-refractivity contribution in [3.05, 3.63) is 12.2 Å². The van der Waals surface area contributed by atoms with Crippen LogP contribution in [0, 0.1) is 29.6 Å². The van der Waals surface area contributed by atoms with Gasteiger partial charge in [-0.15, -0.1) is 6.42 Å². The molecule has 0 spiro atoms. The maximum Gasteiger partial charge on any atom is 0.309 e. The third kappa shape index (κ3) is 1.60. The Bertz CT molecular complexity index is 281. The van der Waals surface area contributed by atoms with Gasteiger partial charge in [0.25, 0.3) is 0 Å². The zero-order valence-electron chi connectivity index (χ0n) is 8.20. The minimum absolute atomic E-state index is 0.000440. The molecular formula is C11H14O2. The minimum Gasteiger partial charge on any atom is -0.469 e. The van der Waals surface area contributed by atoms with Crippen molar-refractivity contribution in [1.82, 2.24) is 0 Å². The number of terminal acetylenes is 1. The zero-order chi connectivity index (χ0) is 10.1. The maximum atomic E-state index is 11.3. The maximum absolute atomic E-state index is 11.3. The Morgan fingerprint density at radius 1 is 1.62 bits per heavy atom. The van der Waals surface area contributed by atoms with Gasteiger partial charge in [-0.25, -0.2) is 0 Å². The molecule has 0 aromatic heterocycles. The molecule has 0 amide bonds. The van der Waals surface area contributed by atoms with Gasteiger partial charge >= 0.3 is 5.97 Å². The lowest BCUT2D eigenvalue weighted by atomic mass is 10.1. The molecule has 0 radical (unpaired) electrons. The lowest BCUT2D eigenvalue weighted by Crippen LogP contribution is -2.07. The normalized spacial score (nSPS) is 29.7. The van der Waals surface area contributed by atoms with Gasteiger partial charge in [0, 0.05) is 0 Å². The van der Waals surface area contributed by atoms with Crippen LogP contribution in [0.25, 0.3) is 0 Å². The molecule has 0 aliphatic heterocycles. The molecule has 0 aromatic carbocycles. The van der Waals surface area contributed by atoms with Gasteiger partial charge in [0.1, 0.15) is 0 Å². The van der Waals surface area contributed by atoms with E-state index in [-0.39, 0.29) is 23.2 Å². The van der Waals surface area contributed by atoms with E-state index in [1.165, 1.54) is 7.11 Å². The van der Waals surface area contributed by atoms with E-state index in [1.807, 2.05) is 19.9 Å². The van der Waals surface area contributed by atoms with E-state index >= 15 is 0 Å². The van der Waals surface area contributed by atoms with Crippen molar-refractivity contribution in [2.24, 2.45) is 17.3 Å². The van der Waals surface area contributed by atoms with Crippen molar-refractivity contribution >= 4 is 5.97 Å². The molecule has 0 N–H and O–H groups in total. The summed E-state index contributed by atoms with van der Waals surface area (Å²) in [4.78, 5) is 11.3. The highest BCUT2D eigenvalue weighted by Gasteiger charge is 2.61. The molecular weight excluding hydrogens is 164 g/mol. The van der Waals surface area contributed by atoms with Gasteiger partial charge in [-0.05, 0) is 17.4 Å². The second-order valence-corrected chi connectivity index (χ2v) is 3.87. The topological polar surface area (TPSA) is 26.3 Å². The fraction of sp³-hybridized carbons (Fsp3) is 0.545. The SMILES string of the molecule is C#CC=CC1C(C(=O)OC)C1(C)C. The monoisotopic (exact) mass is 178 g/mol. The van der Waals surface area contributed by atoms with E-state index in [2.05, 4.69) is 5.92 Å². The Morgan fingerprint density at radius 2 is 2.23 bits per heavy atom. The molecule has 2 atom stereocenters. The van der Waals surface area contributed by atoms with E-state index in [0.717, 1.165) is 0 Å². The van der Waals surface area contributed by atoms with Gasteiger partial charge in [-0.2, -0.15) is 0 Å². The van der Waals surface area contributed by atoms with Crippen molar-refractivity contribution in [1.29, 1.82) is 0 Å². The summed E-state index contributed by atoms with van der Waals surface area (Å²) in [5.41, 5.74) is 0.000440. The van der Waals surface area contributed by atoms with Gasteiger partial charge in [0.2, 0.25) is 0 Å². The fourth-order valence-electron chi connectivity index (χ4n) is 1.77. The highest BCUT2D eigenvalue weighted by atomic mass is 16.5. The fourth-order valence-corrected chi connectivity index (χ4v) is 1.77. The van der Waals surface area contributed by atoms with Crippen LogP contribution in [0.1, 0.15) is 13.8 Å². The summed E-state index contributed by atoms with van der Waals surface area (Å²) in [5, 5.41) is 0. The number of rotatable bonds is 2. The van der Waals surface area contributed by atoms with E-state index < -0.39 is 0 Å². The summed E-state index contributed by atoms with van der Waals surface area (Å²) < 4.78 is 4.70. The first-order valence-electron chi connectivity index (χ1n) is 4.26. The minimum atomic E-state index is -0.142. The number of methoxy groups -OCH3 is 1. The molecule has 1 rings (SSSR count). The lowest BCUT2D eigenvalue weighted by molar-refractivity contribution is -0.143. The molecule has 1 aliphatic rings. The molecule has 0 bridgehead atoms. The molecule has 2 unspecified atom stereocenters. The van der Waals surface area contributed by atoms with E-state index in [1.54, 1.807) is 6.08 Å². The first-order valence-corrected chi connectivity index (χ1v) is 4.26. The second kappa shape index (κ2) is 3.26. The van der Waals surface area contributed by atoms with Crippen LogP contribution in [0.2, 0.25) is 0 Å². The highest BCUT2D eigenvalue weighted by molar-refractivity contribution is 5.78. The first-order chi connectivity index (χ1) is 6.05. The molecule has 13 heavy (non-hydrogen) atoms. The smallest absolute Gasteiger partial charge is 0.309 e. The average Bonchev–Trinajstić information content (AvgIpc) is 2.63. The van der Waals surface area contributed by atoms with Crippen LogP contribution in [-0.2, 0) is 9.53 Å². The van der Waals surface area contributed by atoms with Crippen LogP contribution < -0.4 is 0 Å². The third-order valence-electron chi connectivity index (χ3n) is 2.77. The van der Waals surface area contributed by atoms with Crippen LogP contribution in [-0.4, -0.2) is 13.1 Å². The number of esters is 1. The van der Waals surface area contributed by atoms with Crippen LogP contribution in [0.3, 0.4) is 0 Å². The number of hydrogen-bond acceptors (Lipinski definition) is 2. The van der Waals surface area contributed by atoms with Gasteiger partial charge in [-0.1, -0.05) is 25.8 Å². The van der Waals surface area contributed by atoms with Crippen LogP contribution >= 0.6 is 0 Å². The van der Waals surface area contributed by atoms with Gasteiger partial charge < -0.3 is 4.74 Å². The molecule has 0 heterocycles. The highest BCUT2D eigenvalue weighted by Crippen LogP contribution is 2.59. The molecule has 0 saturated heterocycles. The zero-order valence-corrected chi connectivity index (χ0v) is 8.20. The van der Waals surface area contributed by atoms with Crippen LogP contribution in [0.5, 0.6) is 0 Å². The average molecular weight is 178 g/mol. The van der Waals surface area contributed by atoms with Gasteiger partial charge in [0.05, 0.1) is 13.0 Å². The van der Waals surface area contributed by atoms with Gasteiger partial charge in [0.15, 0.2) is 0 Å². The molecule has 1 saturated carbocycles. The molecule has 1 aliphatic carbocycles. The molecule has 1 fully saturated rings. The molecule has 0 aromatic rings. The largest absolute Gasteiger partial charge is 0.469 e. The molecule has 70 valence electrons. The summed E-state index contributed by atoms with van der Waals surface area (Å²) in [7, 11) is 1.42. The van der Waals surface area contributed by atoms with Crippen LogP contribution in [0.4, 0.5) is 0 Å². The summed E-state index contributed by atoms with van der Waals surface area (Å²) in [6, 6.07) is 0. The Hall–Kier alpha value is -1.23. The summed E-state index contributed by atoms with van der Waals surface area (Å²) in [6.07, 6.45) is 8.65. The number of allylic oxidation sites excluding steroid dienone is 2. The first kappa shape index (κ1) is 9.85. The Morgan fingerprint density at radius 3 is 2.69 bits per heavy atom. The van der Waals surface area contributed by atoms with E-state index in [9.17, 15) is 4.79 Å². The lowest BCUT2D eigenvalue weighted by Gasteiger charge is -1.98. The summed E-state index contributed by atoms with van der Waals surface area (Å²) in [5.74, 6) is 2.49. The Balaban J connectivity index is 2.67. The predicted octanol–water partition coefficient (Wildman–Crippen LogP) is 1.62. The summed E-state index contributed by atoms with van der Waals surface area (Å²) >= 11 is 0. The van der Waals surface area contributed by atoms with Gasteiger partial charge in [-0.3, -0.25) is 4.79 Å². The molecule has 2 nitrogen and oxygen atoms in total. The van der Waals surface area contributed by atoms with Crippen molar-refractivity contribution < 1.29 is 9.53 Å². The van der Waals surface area contributed by atoms with Crippen molar-refractivity contribution in [3.63, 3.8) is 0 Å². The summed E-state index contributed by atoms with van der Waals surface area (Å²) in [6.45, 7) is 4.08. The number of carbonyl (C=O) groups is 1. The third-order valence-corrected chi connectivity index (χ3v) is 2.77. The van der Waals surface area contributed by atoms with Crippen molar-refractivity contribution in [3.8, 4) is 12.3 Å². The Labute approximate surface area is 79.0 Å². The second-order valence-electron chi connectivity index (χ2n) is 3.87. The van der Waals surface area contributed by atoms with E-state index in [4.69, 9.17) is 11.2 Å². The predicted molar refractivity (Wildman–Crippen MR) is 50.8 cm³/mol. The number of ether oxygens (including phenoxy) is 1. The van der Waals surface area contributed by atoms with Crippen molar-refractivity contribution in [2.45, 2.75) is 13.8 Å². The Kier molecular flexibility index (Phi) is 2.47. The number of hydrogen-bond donors (Lipinski definition) is 0. The standard InChI is InChI=1S/C11H14O2/c1-5-6-7-8-9(10(12)13-4)11(8,2)3/h1,6-9H,2-4H3. The quantitative estimate of drug-likeness (QED) is 0.474.